The average Bonchev–Trinajstić information content (AvgIpc) is 2.91. The first-order valence-corrected chi connectivity index (χ1v) is 9.80. The van der Waals surface area contributed by atoms with Gasteiger partial charge in [0.1, 0.15) is 0 Å². The van der Waals surface area contributed by atoms with Crippen LogP contribution >= 0.6 is 23.2 Å². The Bertz CT molecular complexity index is 792. The van der Waals surface area contributed by atoms with Crippen molar-refractivity contribution in [2.75, 3.05) is 11.4 Å². The molecule has 0 N–H and O–H groups in total. The van der Waals surface area contributed by atoms with Gasteiger partial charge in [-0.05, 0) is 49.5 Å². The Labute approximate surface area is 160 Å². The van der Waals surface area contributed by atoms with Crippen LogP contribution in [0.3, 0.4) is 0 Å². The molecule has 1 aromatic heterocycles. The molecule has 0 unspecified atom stereocenters. The summed E-state index contributed by atoms with van der Waals surface area (Å²) in [5, 5.41) is 6.20. The fraction of sp³-hybridized carbons (Fsp3) is 0.450. The highest BCUT2D eigenvalue weighted by molar-refractivity contribution is 6.36. The number of benzene rings is 1. The zero-order valence-electron chi connectivity index (χ0n) is 15.1. The van der Waals surface area contributed by atoms with Gasteiger partial charge in [-0.15, -0.1) is 0 Å². The Hall–Kier alpha value is -1.45. The van der Waals surface area contributed by atoms with E-state index in [4.69, 9.17) is 28.3 Å². The second-order valence-electron chi connectivity index (χ2n) is 6.51. The van der Waals surface area contributed by atoms with Gasteiger partial charge in [0, 0.05) is 24.2 Å². The highest BCUT2D eigenvalue weighted by Crippen LogP contribution is 2.40. The largest absolute Gasteiger partial charge is 0.323 e. The molecule has 0 aliphatic carbocycles. The van der Waals surface area contributed by atoms with Crippen molar-refractivity contribution in [1.29, 1.82) is 0 Å². The summed E-state index contributed by atoms with van der Waals surface area (Å²) in [5.74, 6) is 1.03. The third kappa shape index (κ3) is 3.58. The topological polar surface area (TPSA) is 21.1 Å². The van der Waals surface area contributed by atoms with Crippen molar-refractivity contribution >= 4 is 40.3 Å². The van der Waals surface area contributed by atoms with Crippen molar-refractivity contribution in [3.8, 4) is 0 Å². The van der Waals surface area contributed by atoms with Gasteiger partial charge in [0.05, 0.1) is 16.4 Å². The highest BCUT2D eigenvalue weighted by atomic mass is 35.5. The fourth-order valence-electron chi connectivity index (χ4n) is 3.69. The van der Waals surface area contributed by atoms with Crippen LogP contribution in [-0.2, 0) is 13.5 Å². The van der Waals surface area contributed by atoms with Crippen LogP contribution < -0.4 is 4.90 Å². The molecule has 134 valence electrons. The van der Waals surface area contributed by atoms with Gasteiger partial charge in [-0.25, -0.2) is 0 Å². The number of anilines is 2. The second kappa shape index (κ2) is 7.84. The zero-order valence-corrected chi connectivity index (χ0v) is 16.7. The quantitative estimate of drug-likeness (QED) is 0.600. The van der Waals surface area contributed by atoms with E-state index in [9.17, 15) is 0 Å². The van der Waals surface area contributed by atoms with Crippen LogP contribution in [0.4, 0.5) is 11.5 Å². The average molecular weight is 378 g/mol. The van der Waals surface area contributed by atoms with Crippen LogP contribution in [0.5, 0.6) is 0 Å². The summed E-state index contributed by atoms with van der Waals surface area (Å²) in [6.07, 6.45) is 7.76. The van der Waals surface area contributed by atoms with Gasteiger partial charge in [0.25, 0.3) is 0 Å². The van der Waals surface area contributed by atoms with E-state index < -0.39 is 0 Å². The van der Waals surface area contributed by atoms with Gasteiger partial charge < -0.3 is 4.90 Å². The number of hydrogen-bond donors (Lipinski definition) is 0. The zero-order chi connectivity index (χ0) is 18.0. The van der Waals surface area contributed by atoms with Crippen molar-refractivity contribution in [3.05, 3.63) is 45.6 Å². The number of allylic oxidation sites excluding steroid dienone is 2. The molecule has 1 aliphatic heterocycles. The molecule has 0 atom stereocenters. The molecule has 5 heteroatoms. The molecule has 3 rings (SSSR count). The first-order chi connectivity index (χ1) is 12.1. The summed E-state index contributed by atoms with van der Waals surface area (Å²) in [4.78, 5) is 2.23. The summed E-state index contributed by atoms with van der Waals surface area (Å²) >= 11 is 12.5. The summed E-state index contributed by atoms with van der Waals surface area (Å²) in [7, 11) is 2.05. The van der Waals surface area contributed by atoms with E-state index in [1.54, 1.807) is 6.07 Å². The lowest BCUT2D eigenvalue weighted by Crippen LogP contribution is -2.25. The molecule has 0 radical (unpaired) electrons. The minimum absolute atomic E-state index is 0.656. The molecule has 0 fully saturated rings. The minimum Gasteiger partial charge on any atom is -0.323 e. The Morgan fingerprint density at radius 3 is 2.76 bits per heavy atom. The van der Waals surface area contributed by atoms with Gasteiger partial charge in [-0.3, -0.25) is 4.68 Å². The Morgan fingerprint density at radius 1 is 1.28 bits per heavy atom. The van der Waals surface area contributed by atoms with E-state index in [0.717, 1.165) is 50.2 Å². The van der Waals surface area contributed by atoms with Gasteiger partial charge in [0.2, 0.25) is 0 Å². The van der Waals surface area contributed by atoms with E-state index in [2.05, 4.69) is 31.9 Å². The molecule has 25 heavy (non-hydrogen) atoms. The molecule has 2 aromatic rings. The Kier molecular flexibility index (Phi) is 5.75. The number of fused-ring (bicyclic) bond motifs is 1. The molecule has 1 aromatic carbocycles. The highest BCUT2D eigenvalue weighted by Gasteiger charge is 2.28. The molecule has 0 saturated carbocycles. The maximum atomic E-state index is 6.47. The molecular formula is C20H25Cl2N3. The van der Waals surface area contributed by atoms with Crippen LogP contribution in [0.15, 0.2) is 24.3 Å². The van der Waals surface area contributed by atoms with E-state index in [1.165, 1.54) is 16.8 Å². The number of aromatic nitrogens is 2. The van der Waals surface area contributed by atoms with Crippen LogP contribution in [-0.4, -0.2) is 16.3 Å². The second-order valence-corrected chi connectivity index (χ2v) is 7.36. The summed E-state index contributed by atoms with van der Waals surface area (Å²) in [6, 6.07) is 5.68. The molecule has 1 aliphatic rings. The maximum absolute atomic E-state index is 6.47. The molecule has 2 heterocycles. The molecule has 0 saturated heterocycles. The molecule has 0 spiro atoms. The van der Waals surface area contributed by atoms with Crippen molar-refractivity contribution in [2.24, 2.45) is 7.05 Å². The normalized spacial score (nSPS) is 14.8. The van der Waals surface area contributed by atoms with Crippen molar-refractivity contribution in [3.63, 3.8) is 0 Å². The fourth-order valence-corrected chi connectivity index (χ4v) is 4.20. The minimum atomic E-state index is 0.656. The van der Waals surface area contributed by atoms with Gasteiger partial charge in [0.15, 0.2) is 5.82 Å². The van der Waals surface area contributed by atoms with E-state index >= 15 is 0 Å². The first-order valence-electron chi connectivity index (χ1n) is 9.04. The van der Waals surface area contributed by atoms with E-state index in [0.29, 0.717) is 10.0 Å². The first kappa shape index (κ1) is 18.3. The number of hydrogen-bond acceptors (Lipinski definition) is 2. The van der Waals surface area contributed by atoms with Crippen LogP contribution in [0, 0.1) is 0 Å². The van der Waals surface area contributed by atoms with Crippen LogP contribution in [0.2, 0.25) is 10.0 Å². The molecule has 0 bridgehead atoms. The van der Waals surface area contributed by atoms with E-state index in [1.807, 2.05) is 16.8 Å². The monoisotopic (exact) mass is 377 g/mol. The van der Waals surface area contributed by atoms with Crippen molar-refractivity contribution in [2.45, 2.75) is 46.0 Å². The Morgan fingerprint density at radius 2 is 2.08 bits per heavy atom. The maximum Gasteiger partial charge on any atom is 0.158 e. The van der Waals surface area contributed by atoms with Gasteiger partial charge >= 0.3 is 0 Å². The SMILES string of the molecule is CCC=C(CCC)c1c2c(nn1C)N(c1ccc(Cl)cc1Cl)CCC2. The predicted molar refractivity (Wildman–Crippen MR) is 108 cm³/mol. The lowest BCUT2D eigenvalue weighted by molar-refractivity contribution is 0.737. The molecule has 0 amide bonds. The van der Waals surface area contributed by atoms with Crippen LogP contribution in [0.1, 0.15) is 50.8 Å². The number of halogens is 2. The van der Waals surface area contributed by atoms with Crippen molar-refractivity contribution < 1.29 is 0 Å². The van der Waals surface area contributed by atoms with Gasteiger partial charge in [-0.2, -0.15) is 5.10 Å². The third-order valence-corrected chi connectivity index (χ3v) is 5.20. The predicted octanol–water partition coefficient (Wildman–Crippen LogP) is 6.40. The lowest BCUT2D eigenvalue weighted by Gasteiger charge is -2.28. The standard InChI is InChI=1S/C20H25Cl2N3/c1-4-7-14(8-5-2)19-16-9-6-12-25(20(16)23-24(19)3)18-11-10-15(21)13-17(18)22/h7,10-11,13H,4-6,8-9,12H2,1-3H3. The number of aryl methyl sites for hydroxylation is 1. The summed E-state index contributed by atoms with van der Waals surface area (Å²) in [6.45, 7) is 5.34. The number of rotatable bonds is 5. The van der Waals surface area contributed by atoms with E-state index in [-0.39, 0.29) is 0 Å². The smallest absolute Gasteiger partial charge is 0.158 e. The summed E-state index contributed by atoms with van der Waals surface area (Å²) < 4.78 is 2.05. The molecular weight excluding hydrogens is 353 g/mol. The van der Waals surface area contributed by atoms with Crippen molar-refractivity contribution in [1.82, 2.24) is 9.78 Å². The third-order valence-electron chi connectivity index (χ3n) is 4.66. The lowest BCUT2D eigenvalue weighted by atomic mass is 9.97. The van der Waals surface area contributed by atoms with Crippen LogP contribution in [0.25, 0.3) is 5.57 Å². The Balaban J connectivity index is 2.09. The number of nitrogens with zero attached hydrogens (tertiary/aromatic N) is 3. The molecule has 3 nitrogen and oxygen atoms in total. The van der Waals surface area contributed by atoms with Gasteiger partial charge in [-0.1, -0.05) is 49.5 Å². The summed E-state index contributed by atoms with van der Waals surface area (Å²) in [5.41, 5.74) is 5.01.